The summed E-state index contributed by atoms with van der Waals surface area (Å²) >= 11 is 5.82. The fourth-order valence-corrected chi connectivity index (χ4v) is 1.58. The summed E-state index contributed by atoms with van der Waals surface area (Å²) in [6.45, 7) is 0. The Morgan fingerprint density at radius 1 is 1.39 bits per heavy atom. The third kappa shape index (κ3) is 2.49. The number of carboxylic acids is 1. The van der Waals surface area contributed by atoms with Crippen LogP contribution in [0.15, 0.2) is 36.9 Å². The molecule has 0 saturated carbocycles. The summed E-state index contributed by atoms with van der Waals surface area (Å²) in [5, 5.41) is 11.2. The molecule has 1 aromatic heterocycles. The third-order valence-electron chi connectivity index (χ3n) is 2.18. The van der Waals surface area contributed by atoms with Crippen LogP contribution in [-0.4, -0.2) is 26.5 Å². The van der Waals surface area contributed by atoms with Crippen molar-refractivity contribution in [3.63, 3.8) is 0 Å². The average molecular weight is 266 g/mol. The van der Waals surface area contributed by atoms with E-state index in [4.69, 9.17) is 16.7 Å². The van der Waals surface area contributed by atoms with Crippen molar-refractivity contribution < 1.29 is 14.7 Å². The molecule has 2 N–H and O–H groups in total. The zero-order valence-corrected chi connectivity index (χ0v) is 9.76. The van der Waals surface area contributed by atoms with Gasteiger partial charge < -0.3 is 15.0 Å². The maximum atomic E-state index is 11.2. The topological polar surface area (TPSA) is 84.2 Å². The number of aromatic nitrogens is 2. The Balaban J connectivity index is 2.42. The van der Waals surface area contributed by atoms with Crippen LogP contribution in [0.5, 0.6) is 0 Å². The number of nitrogens with zero attached hydrogens (tertiary/aromatic N) is 2. The van der Waals surface area contributed by atoms with Crippen molar-refractivity contribution in [3.05, 3.63) is 41.9 Å². The smallest absolute Gasteiger partial charge is 0.394 e. The van der Waals surface area contributed by atoms with Crippen molar-refractivity contribution in [3.8, 4) is 5.69 Å². The Bertz CT molecular complexity index is 596. The Kier molecular flexibility index (Phi) is 3.29. The minimum absolute atomic E-state index is 0.299. The van der Waals surface area contributed by atoms with Crippen molar-refractivity contribution in [2.24, 2.45) is 0 Å². The molecule has 2 rings (SSSR count). The highest BCUT2D eigenvalue weighted by Gasteiger charge is 2.14. The van der Waals surface area contributed by atoms with E-state index in [0.29, 0.717) is 16.4 Å². The van der Waals surface area contributed by atoms with Gasteiger partial charge in [0.25, 0.3) is 0 Å². The number of halogens is 1. The molecule has 0 atom stereocenters. The molecule has 0 radical (unpaired) electrons. The summed E-state index contributed by atoms with van der Waals surface area (Å²) in [5.41, 5.74) is 0.874. The van der Waals surface area contributed by atoms with Crippen molar-refractivity contribution >= 4 is 29.2 Å². The van der Waals surface area contributed by atoms with Crippen molar-refractivity contribution in [1.82, 2.24) is 9.55 Å². The maximum Gasteiger partial charge on any atom is 0.394 e. The van der Waals surface area contributed by atoms with E-state index in [1.807, 2.05) is 0 Å². The van der Waals surface area contributed by atoms with Gasteiger partial charge in [0.2, 0.25) is 0 Å². The van der Waals surface area contributed by atoms with E-state index in [-0.39, 0.29) is 0 Å². The van der Waals surface area contributed by atoms with Crippen molar-refractivity contribution in [2.75, 3.05) is 5.32 Å². The highest BCUT2D eigenvalue weighted by Crippen LogP contribution is 2.24. The first-order valence-electron chi connectivity index (χ1n) is 4.90. The first-order valence-corrected chi connectivity index (χ1v) is 5.28. The number of carbonyl (C=O) groups is 2. The van der Waals surface area contributed by atoms with Crippen LogP contribution in [0.2, 0.25) is 5.02 Å². The summed E-state index contributed by atoms with van der Waals surface area (Å²) in [5.74, 6) is -2.69. The van der Waals surface area contributed by atoms with Crippen LogP contribution in [0, 0.1) is 0 Å². The second kappa shape index (κ2) is 4.89. The zero-order valence-electron chi connectivity index (χ0n) is 9.00. The highest BCUT2D eigenvalue weighted by molar-refractivity contribution is 6.37. The van der Waals surface area contributed by atoms with Crippen LogP contribution < -0.4 is 5.32 Å². The number of hydrogen-bond acceptors (Lipinski definition) is 3. The molecule has 6 nitrogen and oxygen atoms in total. The Labute approximate surface area is 107 Å². The standard InChI is InChI=1S/C11H8ClN3O3/c12-7-1-2-9(15-4-3-13-6-15)8(5-7)14-10(16)11(17)18/h1-6H,(H,14,16)(H,17,18). The monoisotopic (exact) mass is 265 g/mol. The van der Waals surface area contributed by atoms with Gasteiger partial charge in [-0.05, 0) is 18.2 Å². The number of aliphatic carboxylic acids is 1. The second-order valence-corrected chi connectivity index (χ2v) is 3.83. The van der Waals surface area contributed by atoms with Gasteiger partial charge in [-0.1, -0.05) is 11.6 Å². The molecule has 0 aliphatic carbocycles. The normalized spacial score (nSPS) is 10.1. The maximum absolute atomic E-state index is 11.2. The predicted octanol–water partition coefficient (Wildman–Crippen LogP) is 1.55. The molecule has 92 valence electrons. The first-order chi connectivity index (χ1) is 8.58. The van der Waals surface area contributed by atoms with Crippen LogP contribution in [0.3, 0.4) is 0 Å². The molecule has 7 heteroatoms. The summed E-state index contributed by atoms with van der Waals surface area (Å²) in [6, 6.07) is 4.76. The van der Waals surface area contributed by atoms with Gasteiger partial charge in [-0.3, -0.25) is 4.79 Å². The molecular weight excluding hydrogens is 258 g/mol. The van der Waals surface area contributed by atoms with Gasteiger partial charge in [0.1, 0.15) is 0 Å². The molecule has 0 unspecified atom stereocenters. The van der Waals surface area contributed by atoms with E-state index in [2.05, 4.69) is 10.3 Å². The number of benzene rings is 1. The van der Waals surface area contributed by atoms with Crippen LogP contribution in [0.1, 0.15) is 0 Å². The lowest BCUT2D eigenvalue weighted by atomic mass is 10.2. The van der Waals surface area contributed by atoms with Gasteiger partial charge in [0.05, 0.1) is 17.7 Å². The molecule has 0 spiro atoms. The SMILES string of the molecule is O=C(O)C(=O)Nc1cc(Cl)ccc1-n1ccnc1. The molecule has 0 aliphatic heterocycles. The molecule has 0 fully saturated rings. The second-order valence-electron chi connectivity index (χ2n) is 3.39. The van der Waals surface area contributed by atoms with Gasteiger partial charge in [-0.25, -0.2) is 9.78 Å². The van der Waals surface area contributed by atoms with E-state index >= 15 is 0 Å². The Hall–Kier alpha value is -2.34. The van der Waals surface area contributed by atoms with Crippen molar-refractivity contribution in [1.29, 1.82) is 0 Å². The van der Waals surface area contributed by atoms with E-state index < -0.39 is 11.9 Å². The molecule has 0 bridgehead atoms. The summed E-state index contributed by atoms with van der Waals surface area (Å²) < 4.78 is 1.63. The molecule has 1 heterocycles. The summed E-state index contributed by atoms with van der Waals surface area (Å²) in [7, 11) is 0. The lowest BCUT2D eigenvalue weighted by Crippen LogP contribution is -2.22. The van der Waals surface area contributed by atoms with Gasteiger partial charge >= 0.3 is 11.9 Å². The van der Waals surface area contributed by atoms with Crippen LogP contribution in [0.25, 0.3) is 5.69 Å². The van der Waals surface area contributed by atoms with Gasteiger partial charge in [-0.2, -0.15) is 0 Å². The number of amides is 1. The van der Waals surface area contributed by atoms with Crippen LogP contribution >= 0.6 is 11.6 Å². The zero-order chi connectivity index (χ0) is 13.1. The quantitative estimate of drug-likeness (QED) is 0.807. The van der Waals surface area contributed by atoms with Crippen LogP contribution in [0.4, 0.5) is 5.69 Å². The number of carbonyl (C=O) groups excluding carboxylic acids is 1. The lowest BCUT2D eigenvalue weighted by Gasteiger charge is -2.10. The molecule has 0 saturated heterocycles. The molecule has 1 amide bonds. The summed E-state index contributed by atoms with van der Waals surface area (Å²) in [4.78, 5) is 25.6. The minimum atomic E-state index is -1.56. The van der Waals surface area contributed by atoms with E-state index in [1.165, 1.54) is 12.4 Å². The largest absolute Gasteiger partial charge is 0.474 e. The lowest BCUT2D eigenvalue weighted by molar-refractivity contribution is -0.147. The predicted molar refractivity (Wildman–Crippen MR) is 64.8 cm³/mol. The number of nitrogens with one attached hydrogen (secondary N) is 1. The summed E-state index contributed by atoms with van der Waals surface area (Å²) in [6.07, 6.45) is 4.76. The van der Waals surface area contributed by atoms with Crippen LogP contribution in [-0.2, 0) is 9.59 Å². The Morgan fingerprint density at radius 2 is 2.17 bits per heavy atom. The Morgan fingerprint density at radius 3 is 2.78 bits per heavy atom. The molecule has 2 aromatic rings. The van der Waals surface area contributed by atoms with Crippen molar-refractivity contribution in [2.45, 2.75) is 0 Å². The highest BCUT2D eigenvalue weighted by atomic mass is 35.5. The molecule has 1 aromatic carbocycles. The molecular formula is C11H8ClN3O3. The van der Waals surface area contributed by atoms with E-state index in [9.17, 15) is 9.59 Å². The van der Waals surface area contributed by atoms with Gasteiger partial charge in [0.15, 0.2) is 0 Å². The van der Waals surface area contributed by atoms with E-state index in [1.54, 1.807) is 29.1 Å². The van der Waals surface area contributed by atoms with Gasteiger partial charge in [0, 0.05) is 17.4 Å². The number of anilines is 1. The minimum Gasteiger partial charge on any atom is -0.474 e. The molecule has 18 heavy (non-hydrogen) atoms. The number of carboxylic acid groups (broad SMARTS) is 1. The fourth-order valence-electron chi connectivity index (χ4n) is 1.41. The van der Waals surface area contributed by atoms with Gasteiger partial charge in [-0.15, -0.1) is 0 Å². The fraction of sp³-hybridized carbons (Fsp3) is 0. The number of hydrogen-bond donors (Lipinski definition) is 2. The van der Waals surface area contributed by atoms with E-state index in [0.717, 1.165) is 0 Å². The third-order valence-corrected chi connectivity index (χ3v) is 2.42. The number of rotatable bonds is 2. The average Bonchev–Trinajstić information content (AvgIpc) is 2.82. The first kappa shape index (κ1) is 12.1. The number of imidazole rings is 1. The molecule has 0 aliphatic rings.